The van der Waals surface area contributed by atoms with Crippen molar-refractivity contribution in [3.8, 4) is 0 Å². The summed E-state index contributed by atoms with van der Waals surface area (Å²) in [4.78, 5) is 21.3. The molecule has 1 N–H and O–H groups in total. The van der Waals surface area contributed by atoms with E-state index in [2.05, 4.69) is 5.32 Å². The number of carbonyl (C=O) groups excluding carboxylic acids is 2. The highest BCUT2D eigenvalue weighted by atomic mass is 16.2. The topological polar surface area (TPSA) is 46.2 Å². The van der Waals surface area contributed by atoms with Crippen LogP contribution in [0.4, 0.5) is 0 Å². The van der Waals surface area contributed by atoms with Crippen LogP contribution >= 0.6 is 0 Å². The summed E-state index contributed by atoms with van der Waals surface area (Å²) in [6.45, 7) is 0. The van der Waals surface area contributed by atoms with E-state index in [4.69, 9.17) is 0 Å². The summed E-state index contributed by atoms with van der Waals surface area (Å²) >= 11 is 0. The third kappa shape index (κ3) is 0.415. The van der Waals surface area contributed by atoms with Gasteiger partial charge in [0.15, 0.2) is 0 Å². The number of hydrogen-bond acceptors (Lipinski definition) is 2. The number of hydrogen-bond donors (Lipinski definition) is 1. The number of imide groups is 1. The van der Waals surface area contributed by atoms with Gasteiger partial charge in [-0.1, -0.05) is 12.2 Å². The van der Waals surface area contributed by atoms with Crippen molar-refractivity contribution in [2.45, 2.75) is 0 Å². The Balaban J connectivity index is 2.37. The van der Waals surface area contributed by atoms with Crippen molar-refractivity contribution < 1.29 is 9.59 Å². The van der Waals surface area contributed by atoms with Gasteiger partial charge in [0.2, 0.25) is 11.8 Å². The zero-order valence-corrected chi connectivity index (χ0v) is 4.63. The fourth-order valence-electron chi connectivity index (χ4n) is 1.12. The maximum absolute atomic E-state index is 10.7. The largest absolute Gasteiger partial charge is 0.295 e. The highest BCUT2D eigenvalue weighted by Gasteiger charge is 2.43. The van der Waals surface area contributed by atoms with Crippen LogP contribution in [0, 0.1) is 11.8 Å². The number of amides is 2. The van der Waals surface area contributed by atoms with E-state index in [1.54, 1.807) is 12.2 Å². The molecular weight excluding hydrogens is 118 g/mol. The normalized spacial score (nSPS) is 37.8. The molecule has 0 spiro atoms. The third-order valence-electron chi connectivity index (χ3n) is 1.76. The van der Waals surface area contributed by atoms with E-state index in [1.165, 1.54) is 0 Å². The van der Waals surface area contributed by atoms with Crippen molar-refractivity contribution in [1.82, 2.24) is 5.32 Å². The summed E-state index contributed by atoms with van der Waals surface area (Å²) in [5.41, 5.74) is 0. The molecular formula is C6H5NO2. The lowest BCUT2D eigenvalue weighted by Gasteiger charge is -2.14. The minimum atomic E-state index is -0.146. The standard InChI is InChI=1S/C6H5NO2/c8-5-3-1-2-4(3)6(9)7-5/h1-4H,(H,7,8,9)/t3-,4+. The fourth-order valence-corrected chi connectivity index (χ4v) is 1.12. The molecule has 1 heterocycles. The first-order chi connectivity index (χ1) is 4.29. The molecule has 2 atom stereocenters. The van der Waals surface area contributed by atoms with E-state index in [1.807, 2.05) is 0 Å². The second kappa shape index (κ2) is 1.23. The van der Waals surface area contributed by atoms with Crippen LogP contribution in [0.15, 0.2) is 12.2 Å². The van der Waals surface area contributed by atoms with E-state index in [-0.39, 0.29) is 23.7 Å². The number of nitrogens with one attached hydrogen (secondary N) is 1. The average molecular weight is 123 g/mol. The molecule has 0 unspecified atom stereocenters. The van der Waals surface area contributed by atoms with Crippen LogP contribution in [-0.2, 0) is 9.59 Å². The molecule has 2 rings (SSSR count). The molecule has 1 fully saturated rings. The average Bonchev–Trinajstić information content (AvgIpc) is 1.73. The number of rotatable bonds is 0. The van der Waals surface area contributed by atoms with E-state index in [0.717, 1.165) is 0 Å². The molecule has 0 aromatic heterocycles. The summed E-state index contributed by atoms with van der Waals surface area (Å²) < 4.78 is 0. The maximum Gasteiger partial charge on any atom is 0.234 e. The molecule has 3 nitrogen and oxygen atoms in total. The minimum Gasteiger partial charge on any atom is -0.295 e. The SMILES string of the molecule is O=C1NC(=O)[C@@H]2C=C[C@H]12. The summed E-state index contributed by atoms with van der Waals surface area (Å²) in [6, 6.07) is 0. The Labute approximate surface area is 51.7 Å². The number of carbonyl (C=O) groups is 2. The Morgan fingerprint density at radius 3 is 1.78 bits per heavy atom. The second-order valence-electron chi connectivity index (χ2n) is 2.29. The Kier molecular flexibility index (Phi) is 0.649. The summed E-state index contributed by atoms with van der Waals surface area (Å²) in [5.74, 6) is -0.574. The Morgan fingerprint density at radius 1 is 1.11 bits per heavy atom. The van der Waals surface area contributed by atoms with Gasteiger partial charge in [0.05, 0.1) is 11.8 Å². The van der Waals surface area contributed by atoms with Gasteiger partial charge in [-0.25, -0.2) is 0 Å². The molecule has 0 aromatic carbocycles. The Hall–Kier alpha value is -1.12. The lowest BCUT2D eigenvalue weighted by Crippen LogP contribution is -2.20. The monoisotopic (exact) mass is 123 g/mol. The van der Waals surface area contributed by atoms with Crippen LogP contribution in [0.2, 0.25) is 0 Å². The zero-order valence-electron chi connectivity index (χ0n) is 4.63. The van der Waals surface area contributed by atoms with Crippen LogP contribution in [-0.4, -0.2) is 11.8 Å². The van der Waals surface area contributed by atoms with Crippen LogP contribution in [0.3, 0.4) is 0 Å². The molecule has 0 radical (unpaired) electrons. The highest BCUT2D eigenvalue weighted by molar-refractivity contribution is 6.08. The second-order valence-corrected chi connectivity index (χ2v) is 2.29. The zero-order chi connectivity index (χ0) is 6.43. The molecule has 0 aromatic rings. The van der Waals surface area contributed by atoms with Gasteiger partial charge in [0.1, 0.15) is 0 Å². The molecule has 46 valence electrons. The van der Waals surface area contributed by atoms with Gasteiger partial charge < -0.3 is 0 Å². The van der Waals surface area contributed by atoms with Crippen LogP contribution in [0.1, 0.15) is 0 Å². The fraction of sp³-hybridized carbons (Fsp3) is 0.333. The van der Waals surface area contributed by atoms with Crippen molar-refractivity contribution in [3.05, 3.63) is 12.2 Å². The molecule has 1 aliphatic heterocycles. The molecule has 2 aliphatic rings. The predicted molar refractivity (Wildman–Crippen MR) is 29.3 cm³/mol. The van der Waals surface area contributed by atoms with Gasteiger partial charge in [0.25, 0.3) is 0 Å². The Bertz CT molecular complexity index is 197. The van der Waals surface area contributed by atoms with Crippen molar-refractivity contribution >= 4 is 11.8 Å². The first-order valence-corrected chi connectivity index (χ1v) is 2.82. The Morgan fingerprint density at radius 2 is 1.56 bits per heavy atom. The predicted octanol–water partition coefficient (Wildman–Crippen LogP) is -0.555. The van der Waals surface area contributed by atoms with Gasteiger partial charge in [0, 0.05) is 0 Å². The van der Waals surface area contributed by atoms with Gasteiger partial charge in [-0.3, -0.25) is 14.9 Å². The minimum absolute atomic E-state index is 0.141. The van der Waals surface area contributed by atoms with Gasteiger partial charge in [-0.15, -0.1) is 0 Å². The first-order valence-electron chi connectivity index (χ1n) is 2.82. The van der Waals surface area contributed by atoms with Gasteiger partial charge in [-0.2, -0.15) is 0 Å². The van der Waals surface area contributed by atoms with Crippen molar-refractivity contribution in [1.29, 1.82) is 0 Å². The molecule has 1 saturated heterocycles. The van der Waals surface area contributed by atoms with E-state index >= 15 is 0 Å². The third-order valence-corrected chi connectivity index (χ3v) is 1.76. The summed E-state index contributed by atoms with van der Waals surface area (Å²) in [6.07, 6.45) is 3.51. The van der Waals surface area contributed by atoms with Crippen LogP contribution in [0.25, 0.3) is 0 Å². The molecule has 0 saturated carbocycles. The van der Waals surface area contributed by atoms with Crippen LogP contribution in [0.5, 0.6) is 0 Å². The van der Waals surface area contributed by atoms with E-state index in [9.17, 15) is 9.59 Å². The molecule has 1 aliphatic carbocycles. The van der Waals surface area contributed by atoms with Gasteiger partial charge >= 0.3 is 0 Å². The quantitative estimate of drug-likeness (QED) is 0.347. The lowest BCUT2D eigenvalue weighted by molar-refractivity contribution is -0.125. The van der Waals surface area contributed by atoms with Crippen molar-refractivity contribution in [2.24, 2.45) is 11.8 Å². The van der Waals surface area contributed by atoms with Crippen molar-refractivity contribution in [3.63, 3.8) is 0 Å². The summed E-state index contributed by atoms with van der Waals surface area (Å²) in [5, 5.41) is 2.24. The molecule has 0 bridgehead atoms. The van der Waals surface area contributed by atoms with Gasteiger partial charge in [-0.05, 0) is 0 Å². The smallest absolute Gasteiger partial charge is 0.234 e. The molecule has 2 amide bonds. The van der Waals surface area contributed by atoms with E-state index < -0.39 is 0 Å². The van der Waals surface area contributed by atoms with E-state index in [0.29, 0.717) is 0 Å². The highest BCUT2D eigenvalue weighted by Crippen LogP contribution is 2.29. The first kappa shape index (κ1) is 4.73. The van der Waals surface area contributed by atoms with Crippen molar-refractivity contribution in [2.75, 3.05) is 0 Å². The summed E-state index contributed by atoms with van der Waals surface area (Å²) in [7, 11) is 0. The molecule has 3 heteroatoms. The maximum atomic E-state index is 10.7. The van der Waals surface area contributed by atoms with Crippen LogP contribution < -0.4 is 5.32 Å². The lowest BCUT2D eigenvalue weighted by atomic mass is 9.85. The number of fused-ring (bicyclic) bond motifs is 1. The molecule has 9 heavy (non-hydrogen) atoms.